The summed E-state index contributed by atoms with van der Waals surface area (Å²) in [5, 5.41) is 2.38. The van der Waals surface area contributed by atoms with Gasteiger partial charge in [0.25, 0.3) is 0 Å². The molecule has 0 heterocycles. The average molecular weight is 402 g/mol. The van der Waals surface area contributed by atoms with Crippen molar-refractivity contribution in [1.82, 2.24) is 0 Å². The second kappa shape index (κ2) is 9.19. The molecule has 0 atom stereocenters. The van der Waals surface area contributed by atoms with Gasteiger partial charge in [-0.25, -0.2) is 0 Å². The van der Waals surface area contributed by atoms with Crippen LogP contribution in [0.1, 0.15) is 48.5 Å². The van der Waals surface area contributed by atoms with Gasteiger partial charge in [-0.1, -0.05) is 96.6 Å². The van der Waals surface area contributed by atoms with E-state index in [4.69, 9.17) is 0 Å². The average Bonchev–Trinajstić information content (AvgIpc) is 2.82. The van der Waals surface area contributed by atoms with E-state index in [1.807, 2.05) is 48.5 Å². The summed E-state index contributed by atoms with van der Waals surface area (Å²) in [6.07, 6.45) is 10.0. The third kappa shape index (κ3) is 4.93. The lowest BCUT2D eigenvalue weighted by molar-refractivity contribution is 0.111. The van der Waals surface area contributed by atoms with Gasteiger partial charge in [0.05, 0.1) is 0 Å². The SMILES string of the molecule is Cc1ccc2cc(C=Cc3ccc(C=O)cc3)cc(C=Cc3ccc(C=O)cc3)c2c1. The molecule has 4 aromatic carbocycles. The summed E-state index contributed by atoms with van der Waals surface area (Å²) in [5.41, 5.74) is 6.89. The quantitative estimate of drug-likeness (QED) is 0.254. The summed E-state index contributed by atoms with van der Waals surface area (Å²) in [4.78, 5) is 21.7. The van der Waals surface area contributed by atoms with Gasteiger partial charge in [0, 0.05) is 11.1 Å². The van der Waals surface area contributed by atoms with Crippen LogP contribution in [0.15, 0.2) is 78.9 Å². The van der Waals surface area contributed by atoms with Gasteiger partial charge >= 0.3 is 0 Å². The van der Waals surface area contributed by atoms with Crippen LogP contribution in [-0.4, -0.2) is 12.6 Å². The van der Waals surface area contributed by atoms with Gasteiger partial charge in [-0.05, 0) is 52.1 Å². The Labute approximate surface area is 182 Å². The molecule has 2 nitrogen and oxygen atoms in total. The number of hydrogen-bond donors (Lipinski definition) is 0. The standard InChI is InChI=1S/C29H22O2/c1-21-2-14-27-17-26(12-7-22-3-8-24(19-30)9-4-22)18-28(29(27)16-21)15-13-23-5-10-25(20-31)11-6-23/h2-20H,1H3. The molecule has 0 fully saturated rings. The highest BCUT2D eigenvalue weighted by Gasteiger charge is 2.02. The van der Waals surface area contributed by atoms with Crippen LogP contribution in [-0.2, 0) is 0 Å². The summed E-state index contributed by atoms with van der Waals surface area (Å²) in [5.74, 6) is 0. The highest BCUT2D eigenvalue weighted by Crippen LogP contribution is 2.26. The van der Waals surface area contributed by atoms with Crippen molar-refractivity contribution >= 4 is 47.6 Å². The van der Waals surface area contributed by atoms with Gasteiger partial charge in [0.1, 0.15) is 12.6 Å². The third-order valence-corrected chi connectivity index (χ3v) is 5.23. The van der Waals surface area contributed by atoms with E-state index < -0.39 is 0 Å². The Morgan fingerprint density at radius 1 is 0.516 bits per heavy atom. The first-order valence-electron chi connectivity index (χ1n) is 10.2. The molecule has 0 saturated carbocycles. The van der Waals surface area contributed by atoms with Crippen LogP contribution in [0.3, 0.4) is 0 Å². The molecule has 0 spiro atoms. The van der Waals surface area contributed by atoms with Crippen LogP contribution in [0.5, 0.6) is 0 Å². The van der Waals surface area contributed by atoms with E-state index in [-0.39, 0.29) is 0 Å². The first-order chi connectivity index (χ1) is 15.1. The van der Waals surface area contributed by atoms with E-state index in [1.165, 1.54) is 16.3 Å². The number of aldehydes is 2. The monoisotopic (exact) mass is 402 g/mol. The number of rotatable bonds is 6. The fourth-order valence-corrected chi connectivity index (χ4v) is 3.51. The smallest absolute Gasteiger partial charge is 0.150 e. The Hall–Kier alpha value is -4.04. The molecule has 0 bridgehead atoms. The van der Waals surface area contributed by atoms with Gasteiger partial charge in [0.15, 0.2) is 0 Å². The van der Waals surface area contributed by atoms with Crippen LogP contribution in [0.2, 0.25) is 0 Å². The first-order valence-corrected chi connectivity index (χ1v) is 10.2. The molecular weight excluding hydrogens is 380 g/mol. The van der Waals surface area contributed by atoms with Gasteiger partial charge in [-0.3, -0.25) is 9.59 Å². The maximum atomic E-state index is 10.9. The Morgan fingerprint density at radius 2 is 1.03 bits per heavy atom. The predicted octanol–water partition coefficient (Wildman–Crippen LogP) is 7.11. The zero-order valence-electron chi connectivity index (χ0n) is 17.3. The molecule has 0 aliphatic rings. The Kier molecular flexibility index (Phi) is 6.00. The van der Waals surface area contributed by atoms with Crippen LogP contribution < -0.4 is 0 Å². The van der Waals surface area contributed by atoms with E-state index in [2.05, 4.69) is 61.6 Å². The fourth-order valence-electron chi connectivity index (χ4n) is 3.51. The van der Waals surface area contributed by atoms with Crippen LogP contribution in [0, 0.1) is 6.92 Å². The molecular formula is C29H22O2. The molecule has 4 aromatic rings. The van der Waals surface area contributed by atoms with E-state index in [9.17, 15) is 9.59 Å². The lowest BCUT2D eigenvalue weighted by atomic mass is 9.97. The number of hydrogen-bond acceptors (Lipinski definition) is 2. The van der Waals surface area contributed by atoms with Crippen molar-refractivity contribution in [1.29, 1.82) is 0 Å². The number of carbonyl (C=O) groups excluding carboxylic acids is 2. The molecule has 0 unspecified atom stereocenters. The second-order valence-electron chi connectivity index (χ2n) is 7.57. The number of aryl methyl sites for hydroxylation is 1. The molecule has 0 aromatic heterocycles. The highest BCUT2D eigenvalue weighted by atomic mass is 16.1. The van der Waals surface area contributed by atoms with E-state index in [1.54, 1.807) is 0 Å². The van der Waals surface area contributed by atoms with Crippen molar-refractivity contribution in [3.63, 3.8) is 0 Å². The number of benzene rings is 4. The Bertz CT molecular complexity index is 1290. The summed E-state index contributed by atoms with van der Waals surface area (Å²) >= 11 is 0. The minimum absolute atomic E-state index is 0.673. The first kappa shape index (κ1) is 20.2. The zero-order valence-corrected chi connectivity index (χ0v) is 17.3. The van der Waals surface area contributed by atoms with E-state index in [0.717, 1.165) is 34.8 Å². The Morgan fingerprint density at radius 3 is 1.61 bits per heavy atom. The maximum absolute atomic E-state index is 10.9. The van der Waals surface area contributed by atoms with Crippen molar-refractivity contribution in [3.8, 4) is 0 Å². The number of fused-ring (bicyclic) bond motifs is 1. The summed E-state index contributed by atoms with van der Waals surface area (Å²) in [7, 11) is 0. The largest absolute Gasteiger partial charge is 0.298 e. The fraction of sp³-hybridized carbons (Fsp3) is 0.0345. The lowest BCUT2D eigenvalue weighted by Gasteiger charge is -2.07. The minimum Gasteiger partial charge on any atom is -0.298 e. The van der Waals surface area contributed by atoms with E-state index >= 15 is 0 Å². The molecule has 0 aliphatic carbocycles. The predicted molar refractivity (Wildman–Crippen MR) is 130 cm³/mol. The molecule has 0 aliphatic heterocycles. The van der Waals surface area contributed by atoms with Gasteiger partial charge in [-0.15, -0.1) is 0 Å². The summed E-state index contributed by atoms with van der Waals surface area (Å²) in [6.45, 7) is 2.10. The van der Waals surface area contributed by atoms with Crippen LogP contribution in [0.4, 0.5) is 0 Å². The molecule has 4 rings (SSSR count). The lowest BCUT2D eigenvalue weighted by Crippen LogP contribution is -1.85. The van der Waals surface area contributed by atoms with Crippen molar-refractivity contribution in [2.45, 2.75) is 6.92 Å². The second-order valence-corrected chi connectivity index (χ2v) is 7.57. The van der Waals surface area contributed by atoms with Crippen molar-refractivity contribution in [2.24, 2.45) is 0 Å². The van der Waals surface area contributed by atoms with Crippen molar-refractivity contribution in [3.05, 3.63) is 118 Å². The highest BCUT2D eigenvalue weighted by molar-refractivity contribution is 5.95. The molecule has 2 heteroatoms. The maximum Gasteiger partial charge on any atom is 0.150 e. The van der Waals surface area contributed by atoms with E-state index in [0.29, 0.717) is 11.1 Å². The molecule has 0 N–H and O–H groups in total. The van der Waals surface area contributed by atoms with Gasteiger partial charge in [-0.2, -0.15) is 0 Å². The topological polar surface area (TPSA) is 34.1 Å². The molecule has 150 valence electrons. The molecule has 0 radical (unpaired) electrons. The minimum atomic E-state index is 0.673. The summed E-state index contributed by atoms with van der Waals surface area (Å²) in [6, 6.07) is 25.9. The Balaban J connectivity index is 1.70. The third-order valence-electron chi connectivity index (χ3n) is 5.23. The van der Waals surface area contributed by atoms with Crippen LogP contribution in [0.25, 0.3) is 35.1 Å². The van der Waals surface area contributed by atoms with Gasteiger partial charge < -0.3 is 0 Å². The number of carbonyl (C=O) groups is 2. The zero-order chi connectivity index (χ0) is 21.6. The van der Waals surface area contributed by atoms with Crippen LogP contribution >= 0.6 is 0 Å². The molecule has 31 heavy (non-hydrogen) atoms. The van der Waals surface area contributed by atoms with Crippen molar-refractivity contribution < 1.29 is 9.59 Å². The normalized spacial score (nSPS) is 11.4. The van der Waals surface area contributed by atoms with Gasteiger partial charge in [0.2, 0.25) is 0 Å². The molecule has 0 saturated heterocycles. The summed E-state index contributed by atoms with van der Waals surface area (Å²) < 4.78 is 0. The molecule has 0 amide bonds. The van der Waals surface area contributed by atoms with Crippen molar-refractivity contribution in [2.75, 3.05) is 0 Å².